The summed E-state index contributed by atoms with van der Waals surface area (Å²) in [5.74, 6) is -0.663. The highest BCUT2D eigenvalue weighted by Crippen LogP contribution is 2.54. The van der Waals surface area contributed by atoms with Crippen molar-refractivity contribution in [2.75, 3.05) is 16.3 Å². The molecule has 0 fully saturated rings. The zero-order chi connectivity index (χ0) is 28.3. The summed E-state index contributed by atoms with van der Waals surface area (Å²) in [5, 5.41) is 9.79. The third-order valence-corrected chi connectivity index (χ3v) is 9.57. The van der Waals surface area contributed by atoms with Crippen LogP contribution in [0, 0.1) is 0 Å². The molecule has 0 aliphatic carbocycles. The van der Waals surface area contributed by atoms with Crippen molar-refractivity contribution in [3.8, 4) is 0 Å². The van der Waals surface area contributed by atoms with E-state index in [1.165, 1.54) is 32.9 Å². The molecule has 8 nitrogen and oxygen atoms in total. The topological polar surface area (TPSA) is 96.6 Å². The lowest BCUT2D eigenvalue weighted by Crippen LogP contribution is -2.53. The zero-order valence-electron chi connectivity index (χ0n) is 21.2. The van der Waals surface area contributed by atoms with Crippen LogP contribution in [0.15, 0.2) is 99.0 Å². The first-order chi connectivity index (χ1) is 19.9. The number of rotatable bonds is 6. The van der Waals surface area contributed by atoms with E-state index in [1.54, 1.807) is 48.5 Å². The van der Waals surface area contributed by atoms with E-state index < -0.39 is 22.8 Å². The van der Waals surface area contributed by atoms with Crippen molar-refractivity contribution in [2.45, 2.75) is 15.6 Å². The van der Waals surface area contributed by atoms with Gasteiger partial charge in [-0.15, -0.1) is 16.8 Å². The Labute approximate surface area is 246 Å². The number of carbonyl (C=O) groups is 2. The number of benzene rings is 3. The van der Waals surface area contributed by atoms with Crippen molar-refractivity contribution in [2.24, 2.45) is 0 Å². The van der Waals surface area contributed by atoms with E-state index in [1.807, 2.05) is 30.3 Å². The van der Waals surface area contributed by atoms with Crippen LogP contribution in [0.25, 0.3) is 11.0 Å². The highest BCUT2D eigenvalue weighted by Gasteiger charge is 2.66. The third-order valence-electron chi connectivity index (χ3n) is 7.21. The van der Waals surface area contributed by atoms with E-state index in [2.05, 4.69) is 16.8 Å². The quantitative estimate of drug-likeness (QED) is 0.134. The van der Waals surface area contributed by atoms with Crippen molar-refractivity contribution in [1.82, 2.24) is 10.2 Å². The van der Waals surface area contributed by atoms with Crippen LogP contribution in [0.1, 0.15) is 27.2 Å². The highest BCUT2D eigenvalue weighted by molar-refractivity contribution is 8.00. The van der Waals surface area contributed by atoms with Gasteiger partial charge in [0.05, 0.1) is 16.6 Å². The van der Waals surface area contributed by atoms with Crippen LogP contribution in [0.5, 0.6) is 0 Å². The van der Waals surface area contributed by atoms with Gasteiger partial charge in [0.2, 0.25) is 10.9 Å². The number of amides is 2. The fraction of sp³-hybridized carbons (Fsp3) is 0.100. The maximum Gasteiger partial charge on any atom is 0.297 e. The predicted molar refractivity (Wildman–Crippen MR) is 160 cm³/mol. The van der Waals surface area contributed by atoms with E-state index in [0.29, 0.717) is 26.4 Å². The molecule has 2 amide bonds. The van der Waals surface area contributed by atoms with E-state index >= 15 is 0 Å². The van der Waals surface area contributed by atoms with Gasteiger partial charge >= 0.3 is 0 Å². The van der Waals surface area contributed by atoms with Crippen LogP contribution < -0.4 is 15.2 Å². The van der Waals surface area contributed by atoms with Crippen LogP contribution in [0.3, 0.4) is 0 Å². The molecule has 2 aromatic heterocycles. The number of aromatic nitrogens is 2. The number of hydrogen-bond acceptors (Lipinski definition) is 8. The first kappa shape index (κ1) is 25.7. The van der Waals surface area contributed by atoms with E-state index in [-0.39, 0.29) is 34.0 Å². The van der Waals surface area contributed by atoms with Gasteiger partial charge in [-0.05, 0) is 35.9 Å². The van der Waals surface area contributed by atoms with Crippen molar-refractivity contribution in [1.29, 1.82) is 0 Å². The largest absolute Gasteiger partial charge is 0.450 e. The van der Waals surface area contributed by atoms with Gasteiger partial charge in [-0.1, -0.05) is 83.2 Å². The van der Waals surface area contributed by atoms with Crippen LogP contribution in [0.2, 0.25) is 5.02 Å². The summed E-state index contributed by atoms with van der Waals surface area (Å²) in [4.78, 5) is 45.7. The molecule has 41 heavy (non-hydrogen) atoms. The van der Waals surface area contributed by atoms with Gasteiger partial charge in [-0.3, -0.25) is 19.3 Å². The molecule has 202 valence electrons. The minimum absolute atomic E-state index is 0.0178. The molecule has 1 spiro atoms. The Bertz CT molecular complexity index is 1950. The summed E-state index contributed by atoms with van der Waals surface area (Å²) < 4.78 is 6.67. The number of anilines is 2. The summed E-state index contributed by atoms with van der Waals surface area (Å²) in [7, 11) is 0. The first-order valence-electron chi connectivity index (χ1n) is 12.6. The van der Waals surface area contributed by atoms with Gasteiger partial charge in [0.1, 0.15) is 5.58 Å². The number of fused-ring (bicyclic) bond motifs is 5. The summed E-state index contributed by atoms with van der Waals surface area (Å²) in [5.41, 5.74) is 0.107. The Morgan fingerprint density at radius 1 is 1.00 bits per heavy atom. The molecule has 4 heterocycles. The summed E-state index contributed by atoms with van der Waals surface area (Å²) >= 11 is 8.63. The van der Waals surface area contributed by atoms with Gasteiger partial charge in [0.15, 0.2) is 15.3 Å². The normalized spacial score (nSPS) is 17.5. The second-order valence-electron chi connectivity index (χ2n) is 9.47. The molecule has 0 N–H and O–H groups in total. The van der Waals surface area contributed by atoms with Crippen LogP contribution in [-0.2, 0) is 16.1 Å². The minimum atomic E-state index is -1.81. The van der Waals surface area contributed by atoms with Gasteiger partial charge in [-0.2, -0.15) is 0 Å². The van der Waals surface area contributed by atoms with E-state index in [9.17, 15) is 14.4 Å². The van der Waals surface area contributed by atoms with E-state index in [0.717, 1.165) is 5.56 Å². The van der Waals surface area contributed by atoms with Crippen LogP contribution in [0.4, 0.5) is 10.8 Å². The van der Waals surface area contributed by atoms with Crippen molar-refractivity contribution in [3.63, 3.8) is 0 Å². The molecule has 0 saturated carbocycles. The van der Waals surface area contributed by atoms with Gasteiger partial charge < -0.3 is 9.32 Å². The Morgan fingerprint density at radius 2 is 1.76 bits per heavy atom. The lowest BCUT2D eigenvalue weighted by molar-refractivity contribution is -0.121. The SMILES string of the molecule is C=CCN1C(=O)C2(c3ccccc31)c1c(oc3ccccc3c1=O)C(=O)N2c1nnc(SCc2ccc(Cl)cc2)s1. The number of thioether (sulfide) groups is 1. The highest BCUT2D eigenvalue weighted by atomic mass is 35.5. The first-order valence-corrected chi connectivity index (χ1v) is 14.8. The van der Waals surface area contributed by atoms with Gasteiger partial charge in [-0.25, -0.2) is 0 Å². The molecule has 2 aliphatic rings. The van der Waals surface area contributed by atoms with Crippen molar-refractivity contribution >= 4 is 68.3 Å². The number of halogens is 1. The fourth-order valence-electron chi connectivity index (χ4n) is 5.50. The molecule has 1 unspecified atom stereocenters. The molecule has 3 aromatic carbocycles. The maximum absolute atomic E-state index is 14.5. The fourth-order valence-corrected chi connectivity index (χ4v) is 7.47. The zero-order valence-corrected chi connectivity index (χ0v) is 23.6. The third kappa shape index (κ3) is 3.71. The molecule has 11 heteroatoms. The number of para-hydroxylation sites is 2. The smallest absolute Gasteiger partial charge is 0.297 e. The minimum Gasteiger partial charge on any atom is -0.450 e. The molecule has 5 aromatic rings. The molecular formula is C30H19ClN4O4S2. The summed E-state index contributed by atoms with van der Waals surface area (Å²) in [6, 6.07) is 21.3. The van der Waals surface area contributed by atoms with Crippen LogP contribution in [-0.4, -0.2) is 28.6 Å². The number of hydrogen-bond donors (Lipinski definition) is 0. The van der Waals surface area contributed by atoms with Crippen molar-refractivity contribution in [3.05, 3.63) is 123 Å². The molecule has 1 atom stereocenters. The monoisotopic (exact) mass is 598 g/mol. The van der Waals surface area contributed by atoms with E-state index in [4.69, 9.17) is 16.0 Å². The molecule has 0 saturated heterocycles. The molecule has 0 radical (unpaired) electrons. The Balaban J connectivity index is 1.42. The van der Waals surface area contributed by atoms with Gasteiger partial charge in [0.25, 0.3) is 11.8 Å². The Morgan fingerprint density at radius 3 is 2.56 bits per heavy atom. The standard InChI is InChI=1S/C30H19ClN4O4S2/c1-2-15-34-21-9-5-4-8-20(21)30(27(34)38)23-24(36)19-7-3-6-10-22(19)39-25(23)26(37)35(30)28-32-33-29(41-28)40-16-17-11-13-18(31)14-12-17/h2-14H,1,15-16H2. The lowest BCUT2D eigenvalue weighted by atomic mass is 9.84. The maximum atomic E-state index is 14.5. The van der Waals surface area contributed by atoms with Gasteiger partial charge in [0, 0.05) is 22.9 Å². The number of nitrogens with zero attached hydrogens (tertiary/aromatic N) is 4. The molecule has 7 rings (SSSR count). The Hall–Kier alpha value is -4.25. The Kier molecular flexibility index (Phi) is 6.07. The van der Waals surface area contributed by atoms with Crippen LogP contribution >= 0.6 is 34.7 Å². The molecular weight excluding hydrogens is 580 g/mol. The average molecular weight is 599 g/mol. The second-order valence-corrected chi connectivity index (χ2v) is 12.1. The van der Waals surface area contributed by atoms with Crippen molar-refractivity contribution < 1.29 is 14.0 Å². The lowest BCUT2D eigenvalue weighted by Gasteiger charge is -2.31. The predicted octanol–water partition coefficient (Wildman–Crippen LogP) is 6.03. The summed E-state index contributed by atoms with van der Waals surface area (Å²) in [6.45, 7) is 4.00. The average Bonchev–Trinajstić information content (AvgIpc) is 3.62. The second kappa shape index (κ2) is 9.69. The molecule has 2 aliphatic heterocycles. The molecule has 0 bridgehead atoms. The number of carbonyl (C=O) groups excluding carboxylic acids is 2. The summed E-state index contributed by atoms with van der Waals surface area (Å²) in [6.07, 6.45) is 1.61.